The third kappa shape index (κ3) is 3.26. The van der Waals surface area contributed by atoms with E-state index in [9.17, 15) is 14.7 Å². The van der Waals surface area contributed by atoms with Crippen LogP contribution in [-0.2, 0) is 14.3 Å². The summed E-state index contributed by atoms with van der Waals surface area (Å²) in [7, 11) is 1.55. The zero-order valence-corrected chi connectivity index (χ0v) is 23.2. The minimum atomic E-state index is -0.382. The SMILES string of the molecule is COC(=O)[C@H]1C[C@]2(C)C(=CCC3[C@@]4(CO)CCC(=O)C(C)(C)C4CC[C@]32C)C2CC(C)(C)CCC21. The summed E-state index contributed by atoms with van der Waals surface area (Å²) in [5.74, 6) is 1.65. The number of carbonyl (C=O) groups excluding carboxylic acids is 2. The van der Waals surface area contributed by atoms with E-state index in [1.165, 1.54) is 6.42 Å². The quantitative estimate of drug-likeness (QED) is 0.366. The van der Waals surface area contributed by atoms with Crippen molar-refractivity contribution < 1.29 is 19.4 Å². The molecule has 0 spiro atoms. The molecule has 4 saturated carbocycles. The maximum atomic E-state index is 13.2. The number of esters is 1. The normalized spacial score (nSPS) is 47.9. The van der Waals surface area contributed by atoms with Gasteiger partial charge in [-0.3, -0.25) is 9.59 Å². The second kappa shape index (κ2) is 7.92. The summed E-state index contributed by atoms with van der Waals surface area (Å²) in [6.45, 7) is 14.1. The molecule has 35 heavy (non-hydrogen) atoms. The van der Waals surface area contributed by atoms with Gasteiger partial charge in [-0.2, -0.15) is 0 Å². The van der Waals surface area contributed by atoms with Crippen LogP contribution < -0.4 is 0 Å². The van der Waals surface area contributed by atoms with E-state index in [4.69, 9.17) is 4.74 Å². The molecule has 4 fully saturated rings. The van der Waals surface area contributed by atoms with Crippen molar-refractivity contribution in [1.29, 1.82) is 0 Å². The van der Waals surface area contributed by atoms with Gasteiger partial charge in [-0.25, -0.2) is 0 Å². The molecule has 0 aliphatic heterocycles. The van der Waals surface area contributed by atoms with Crippen LogP contribution in [0.15, 0.2) is 11.6 Å². The molecule has 4 unspecified atom stereocenters. The fourth-order valence-corrected chi connectivity index (χ4v) is 10.7. The number of ether oxygens (including phenoxy) is 1. The van der Waals surface area contributed by atoms with Gasteiger partial charge < -0.3 is 9.84 Å². The van der Waals surface area contributed by atoms with E-state index in [-0.39, 0.29) is 51.5 Å². The Kier molecular flexibility index (Phi) is 5.77. The summed E-state index contributed by atoms with van der Waals surface area (Å²) in [6.07, 6.45) is 11.2. The zero-order chi connectivity index (χ0) is 25.6. The molecule has 0 aromatic heterocycles. The standard InChI is InChI=1S/C31H48O4/c1-27(2)13-10-19-20(16-27)22-8-9-24-29(5,30(22,6)17-21(19)26(34)35-7)14-11-23-28(3,4)25(33)12-15-31(23,24)18-32/h8,19-21,23-24,32H,9-18H2,1-7H3/t19?,20?,21-,23?,24?,29+,30+,31+/m0/s1. The number of fused-ring (bicyclic) bond motifs is 7. The first kappa shape index (κ1) is 25.5. The molecular formula is C31H48O4. The average molecular weight is 485 g/mol. The Morgan fingerprint density at radius 3 is 2.40 bits per heavy atom. The van der Waals surface area contributed by atoms with Gasteiger partial charge in [0.2, 0.25) is 0 Å². The van der Waals surface area contributed by atoms with Gasteiger partial charge in [-0.1, -0.05) is 53.2 Å². The Labute approximate surface area is 212 Å². The molecule has 4 heteroatoms. The van der Waals surface area contributed by atoms with Crippen LogP contribution in [0.3, 0.4) is 0 Å². The number of hydrogen-bond acceptors (Lipinski definition) is 4. The van der Waals surface area contributed by atoms with Crippen LogP contribution in [0.5, 0.6) is 0 Å². The van der Waals surface area contributed by atoms with Crippen molar-refractivity contribution in [3.8, 4) is 0 Å². The highest BCUT2D eigenvalue weighted by atomic mass is 16.5. The second-order valence-corrected chi connectivity index (χ2v) is 14.8. The summed E-state index contributed by atoms with van der Waals surface area (Å²) in [4.78, 5) is 26.2. The molecule has 8 atom stereocenters. The number of hydrogen-bond donors (Lipinski definition) is 1. The number of rotatable bonds is 2. The van der Waals surface area contributed by atoms with Gasteiger partial charge in [-0.05, 0) is 91.3 Å². The molecule has 0 saturated heterocycles. The van der Waals surface area contributed by atoms with Crippen LogP contribution in [0.4, 0.5) is 0 Å². The van der Waals surface area contributed by atoms with Crippen molar-refractivity contribution in [3.05, 3.63) is 11.6 Å². The molecular weight excluding hydrogens is 436 g/mol. The molecule has 5 aliphatic carbocycles. The number of aliphatic hydroxyl groups is 1. The molecule has 0 bridgehead atoms. The maximum Gasteiger partial charge on any atom is 0.308 e. The first-order valence-corrected chi connectivity index (χ1v) is 14.2. The van der Waals surface area contributed by atoms with Crippen LogP contribution in [0, 0.1) is 56.7 Å². The predicted octanol–water partition coefficient (Wildman–Crippen LogP) is 6.36. The van der Waals surface area contributed by atoms with E-state index >= 15 is 0 Å². The van der Waals surface area contributed by atoms with Gasteiger partial charge in [0.25, 0.3) is 0 Å². The van der Waals surface area contributed by atoms with Crippen LogP contribution in [0.2, 0.25) is 0 Å². The van der Waals surface area contributed by atoms with Gasteiger partial charge in [0.15, 0.2) is 0 Å². The molecule has 5 rings (SSSR count). The second-order valence-electron chi connectivity index (χ2n) is 14.8. The monoisotopic (exact) mass is 484 g/mol. The highest BCUT2D eigenvalue weighted by Crippen LogP contribution is 2.74. The van der Waals surface area contributed by atoms with Crippen molar-refractivity contribution >= 4 is 11.8 Å². The molecule has 0 aromatic rings. The zero-order valence-electron chi connectivity index (χ0n) is 23.2. The maximum absolute atomic E-state index is 13.2. The van der Waals surface area contributed by atoms with Crippen LogP contribution in [0.25, 0.3) is 0 Å². The molecule has 1 N–H and O–H groups in total. The lowest BCUT2D eigenvalue weighted by Crippen LogP contribution is -2.66. The Bertz CT molecular complexity index is 946. The first-order chi connectivity index (χ1) is 16.3. The summed E-state index contributed by atoms with van der Waals surface area (Å²) in [6, 6.07) is 0. The summed E-state index contributed by atoms with van der Waals surface area (Å²) < 4.78 is 5.41. The van der Waals surface area contributed by atoms with Gasteiger partial charge in [-0.15, -0.1) is 0 Å². The van der Waals surface area contributed by atoms with Crippen LogP contribution in [-0.4, -0.2) is 30.6 Å². The minimum absolute atomic E-state index is 0.00832. The predicted molar refractivity (Wildman–Crippen MR) is 137 cm³/mol. The van der Waals surface area contributed by atoms with Crippen molar-refractivity contribution in [2.75, 3.05) is 13.7 Å². The molecule has 0 aromatic carbocycles. The molecule has 0 amide bonds. The molecule has 5 aliphatic rings. The summed E-state index contributed by atoms with van der Waals surface area (Å²) >= 11 is 0. The Hall–Kier alpha value is -1.16. The van der Waals surface area contributed by atoms with Crippen molar-refractivity contribution in [2.24, 2.45) is 56.7 Å². The van der Waals surface area contributed by atoms with E-state index < -0.39 is 0 Å². The first-order valence-electron chi connectivity index (χ1n) is 14.2. The van der Waals surface area contributed by atoms with E-state index in [1.807, 2.05) is 0 Å². The van der Waals surface area contributed by atoms with Crippen LogP contribution in [0.1, 0.15) is 99.3 Å². The summed E-state index contributed by atoms with van der Waals surface area (Å²) in [5, 5.41) is 11.1. The highest BCUT2D eigenvalue weighted by molar-refractivity contribution is 5.85. The van der Waals surface area contributed by atoms with Crippen molar-refractivity contribution in [2.45, 2.75) is 99.3 Å². The lowest BCUT2D eigenvalue weighted by molar-refractivity contribution is -0.203. The Morgan fingerprint density at radius 1 is 1.03 bits per heavy atom. The Morgan fingerprint density at radius 2 is 1.74 bits per heavy atom. The molecule has 0 heterocycles. The molecule has 0 radical (unpaired) electrons. The van der Waals surface area contributed by atoms with Crippen molar-refractivity contribution in [1.82, 2.24) is 0 Å². The van der Waals surface area contributed by atoms with E-state index in [1.54, 1.807) is 12.7 Å². The van der Waals surface area contributed by atoms with Gasteiger partial charge in [0.05, 0.1) is 13.0 Å². The number of carbonyl (C=O) groups is 2. The highest BCUT2D eigenvalue weighted by Gasteiger charge is 2.69. The van der Waals surface area contributed by atoms with E-state index in [0.29, 0.717) is 30.0 Å². The summed E-state index contributed by atoms with van der Waals surface area (Å²) in [5.41, 5.74) is 1.18. The van der Waals surface area contributed by atoms with E-state index in [0.717, 1.165) is 44.9 Å². The van der Waals surface area contributed by atoms with Gasteiger partial charge in [0.1, 0.15) is 5.78 Å². The number of aliphatic hydroxyl groups excluding tert-OH is 1. The minimum Gasteiger partial charge on any atom is -0.469 e. The number of methoxy groups -OCH3 is 1. The fraction of sp³-hybridized carbons (Fsp3) is 0.871. The van der Waals surface area contributed by atoms with Gasteiger partial charge >= 0.3 is 5.97 Å². The third-order valence-corrected chi connectivity index (χ3v) is 12.8. The largest absolute Gasteiger partial charge is 0.469 e. The third-order valence-electron chi connectivity index (χ3n) is 12.8. The molecule has 196 valence electrons. The van der Waals surface area contributed by atoms with Gasteiger partial charge in [0, 0.05) is 23.9 Å². The Balaban J connectivity index is 1.63. The smallest absolute Gasteiger partial charge is 0.308 e. The lowest BCUT2D eigenvalue weighted by Gasteiger charge is -2.70. The van der Waals surface area contributed by atoms with Crippen molar-refractivity contribution in [3.63, 3.8) is 0 Å². The number of ketones is 1. The number of allylic oxidation sites excluding steroid dienone is 2. The molecule has 4 nitrogen and oxygen atoms in total. The fourth-order valence-electron chi connectivity index (χ4n) is 10.7. The van der Waals surface area contributed by atoms with Crippen LogP contribution >= 0.6 is 0 Å². The van der Waals surface area contributed by atoms with E-state index in [2.05, 4.69) is 47.6 Å². The number of Topliss-reactive ketones (excluding diaryl/α,β-unsaturated/α-hetero) is 1. The lowest BCUT2D eigenvalue weighted by atomic mass is 9.34. The topological polar surface area (TPSA) is 63.6 Å². The average Bonchev–Trinajstić information content (AvgIpc) is 2.80.